The molecular weight excluding hydrogens is 298 g/mol. The molecule has 0 saturated carbocycles. The van der Waals surface area contributed by atoms with Gasteiger partial charge in [-0.25, -0.2) is 4.98 Å². The fourth-order valence-corrected chi connectivity index (χ4v) is 2.45. The van der Waals surface area contributed by atoms with Crippen LogP contribution < -0.4 is 5.32 Å². The summed E-state index contributed by atoms with van der Waals surface area (Å²) >= 11 is 0. The second-order valence-electron chi connectivity index (χ2n) is 5.60. The number of hydrogen-bond acceptors (Lipinski definition) is 4. The van der Waals surface area contributed by atoms with Gasteiger partial charge in [0.25, 0.3) is 0 Å². The highest BCUT2D eigenvalue weighted by Crippen LogP contribution is 2.20. The Morgan fingerprint density at radius 1 is 0.958 bits per heavy atom. The molecule has 2 aromatic heterocycles. The molecule has 0 amide bonds. The average Bonchev–Trinajstić information content (AvgIpc) is 2.63. The highest BCUT2D eigenvalue weighted by Gasteiger charge is 2.02. The zero-order chi connectivity index (χ0) is 16.8. The first-order valence-electron chi connectivity index (χ1n) is 7.92. The number of nitrogens with zero attached hydrogens (tertiary/aromatic N) is 2. The van der Waals surface area contributed by atoms with E-state index in [0.29, 0.717) is 0 Å². The van der Waals surface area contributed by atoms with Gasteiger partial charge in [-0.15, -0.1) is 0 Å². The van der Waals surface area contributed by atoms with E-state index >= 15 is 0 Å². The molecule has 0 aliphatic heterocycles. The molecule has 0 fully saturated rings. The quantitative estimate of drug-likeness (QED) is 0.698. The molecule has 0 radical (unpaired) electrons. The standard InChI is InChI=1S/C20H19N3O/c1-15(24)17-2-4-18(5-3-17)19-6-7-20(23-14-19)22-13-10-16-8-11-21-12-9-16/h2-9,11-12,14H,10,13H2,1H3,(H,22,23). The Bertz CT molecular complexity index is 797. The number of carbonyl (C=O) groups excluding carboxylic acids is 1. The number of aromatic nitrogens is 2. The van der Waals surface area contributed by atoms with Gasteiger partial charge in [0, 0.05) is 36.3 Å². The maximum Gasteiger partial charge on any atom is 0.159 e. The third-order valence-electron chi connectivity index (χ3n) is 3.86. The molecule has 4 nitrogen and oxygen atoms in total. The van der Waals surface area contributed by atoms with Crippen molar-refractivity contribution in [2.45, 2.75) is 13.3 Å². The monoisotopic (exact) mass is 317 g/mol. The minimum Gasteiger partial charge on any atom is -0.370 e. The number of hydrogen-bond donors (Lipinski definition) is 1. The Labute approximate surface area is 141 Å². The van der Waals surface area contributed by atoms with Crippen molar-refractivity contribution in [3.63, 3.8) is 0 Å². The Morgan fingerprint density at radius 2 is 1.67 bits per heavy atom. The SMILES string of the molecule is CC(=O)c1ccc(-c2ccc(NCCc3ccncc3)nc2)cc1. The van der Waals surface area contributed by atoms with E-state index in [0.717, 1.165) is 35.5 Å². The van der Waals surface area contributed by atoms with E-state index in [9.17, 15) is 4.79 Å². The fraction of sp³-hybridized carbons (Fsp3) is 0.150. The van der Waals surface area contributed by atoms with Gasteiger partial charge in [0.05, 0.1) is 0 Å². The second-order valence-corrected chi connectivity index (χ2v) is 5.60. The van der Waals surface area contributed by atoms with Gasteiger partial charge in [-0.05, 0) is 48.7 Å². The van der Waals surface area contributed by atoms with Crippen LogP contribution in [0.15, 0.2) is 67.1 Å². The van der Waals surface area contributed by atoms with E-state index in [1.807, 2.05) is 54.7 Å². The molecule has 0 bridgehead atoms. The Morgan fingerprint density at radius 3 is 2.29 bits per heavy atom. The van der Waals surface area contributed by atoms with E-state index in [2.05, 4.69) is 15.3 Å². The highest BCUT2D eigenvalue weighted by atomic mass is 16.1. The maximum absolute atomic E-state index is 11.3. The summed E-state index contributed by atoms with van der Waals surface area (Å²) in [6.45, 7) is 2.40. The van der Waals surface area contributed by atoms with E-state index < -0.39 is 0 Å². The lowest BCUT2D eigenvalue weighted by Gasteiger charge is -2.07. The Kier molecular flexibility index (Phi) is 4.96. The van der Waals surface area contributed by atoms with Crippen LogP contribution in [0, 0.1) is 0 Å². The molecule has 1 aromatic carbocycles. The molecule has 4 heteroatoms. The van der Waals surface area contributed by atoms with Crippen molar-refractivity contribution in [2.75, 3.05) is 11.9 Å². The molecule has 3 aromatic rings. The smallest absolute Gasteiger partial charge is 0.159 e. The van der Waals surface area contributed by atoms with Gasteiger partial charge < -0.3 is 5.32 Å². The third kappa shape index (κ3) is 4.04. The summed E-state index contributed by atoms with van der Waals surface area (Å²) in [6.07, 6.45) is 6.38. The molecule has 0 saturated heterocycles. The van der Waals surface area contributed by atoms with Crippen molar-refractivity contribution >= 4 is 11.6 Å². The molecular formula is C20H19N3O. The van der Waals surface area contributed by atoms with Crippen LogP contribution in [0.1, 0.15) is 22.8 Å². The number of pyridine rings is 2. The summed E-state index contributed by atoms with van der Waals surface area (Å²) in [5.41, 5.74) is 4.06. The van der Waals surface area contributed by atoms with E-state index in [1.165, 1.54) is 5.56 Å². The van der Waals surface area contributed by atoms with Crippen molar-refractivity contribution in [1.29, 1.82) is 0 Å². The number of Topliss-reactive ketones (excluding diaryl/α,β-unsaturated/α-hetero) is 1. The predicted molar refractivity (Wildman–Crippen MR) is 96.1 cm³/mol. The van der Waals surface area contributed by atoms with E-state index in [1.54, 1.807) is 19.3 Å². The molecule has 0 aliphatic carbocycles. The Hall–Kier alpha value is -3.01. The van der Waals surface area contributed by atoms with Crippen molar-refractivity contribution in [3.8, 4) is 11.1 Å². The highest BCUT2D eigenvalue weighted by molar-refractivity contribution is 5.94. The molecule has 0 unspecified atom stereocenters. The normalized spacial score (nSPS) is 10.4. The minimum atomic E-state index is 0.0772. The lowest BCUT2D eigenvalue weighted by molar-refractivity contribution is 0.101. The van der Waals surface area contributed by atoms with Gasteiger partial charge in [-0.3, -0.25) is 9.78 Å². The lowest BCUT2D eigenvalue weighted by Crippen LogP contribution is -2.06. The molecule has 0 aliphatic rings. The van der Waals surface area contributed by atoms with Gasteiger partial charge in [0.2, 0.25) is 0 Å². The van der Waals surface area contributed by atoms with Crippen LogP contribution >= 0.6 is 0 Å². The zero-order valence-electron chi connectivity index (χ0n) is 13.6. The van der Waals surface area contributed by atoms with Gasteiger partial charge in [0.15, 0.2) is 5.78 Å². The summed E-state index contributed by atoms with van der Waals surface area (Å²) in [7, 11) is 0. The number of anilines is 1. The van der Waals surface area contributed by atoms with E-state index in [4.69, 9.17) is 0 Å². The van der Waals surface area contributed by atoms with Crippen molar-refractivity contribution in [3.05, 3.63) is 78.2 Å². The van der Waals surface area contributed by atoms with Crippen molar-refractivity contribution < 1.29 is 4.79 Å². The predicted octanol–water partition coefficient (Wildman–Crippen LogP) is 4.00. The van der Waals surface area contributed by atoms with Crippen molar-refractivity contribution in [1.82, 2.24) is 9.97 Å². The van der Waals surface area contributed by atoms with Crippen LogP contribution in [0.5, 0.6) is 0 Å². The zero-order valence-corrected chi connectivity index (χ0v) is 13.6. The first-order chi connectivity index (χ1) is 11.7. The second kappa shape index (κ2) is 7.51. The molecule has 0 spiro atoms. The molecule has 24 heavy (non-hydrogen) atoms. The molecule has 3 rings (SSSR count). The van der Waals surface area contributed by atoms with Gasteiger partial charge in [0.1, 0.15) is 5.82 Å². The fourth-order valence-electron chi connectivity index (χ4n) is 2.45. The van der Waals surface area contributed by atoms with Gasteiger partial charge >= 0.3 is 0 Å². The summed E-state index contributed by atoms with van der Waals surface area (Å²) in [4.78, 5) is 19.8. The number of benzene rings is 1. The van der Waals surface area contributed by atoms with Crippen LogP contribution in [0.3, 0.4) is 0 Å². The molecule has 0 atom stereocenters. The maximum atomic E-state index is 11.3. The summed E-state index contributed by atoms with van der Waals surface area (Å²) in [6, 6.07) is 15.6. The van der Waals surface area contributed by atoms with Gasteiger partial charge in [-0.1, -0.05) is 24.3 Å². The number of carbonyl (C=O) groups is 1. The number of rotatable bonds is 6. The van der Waals surface area contributed by atoms with Crippen LogP contribution in [0.25, 0.3) is 11.1 Å². The van der Waals surface area contributed by atoms with Crippen LogP contribution in [0.4, 0.5) is 5.82 Å². The molecule has 2 heterocycles. The summed E-state index contributed by atoms with van der Waals surface area (Å²) in [5, 5.41) is 3.32. The molecule has 120 valence electrons. The lowest BCUT2D eigenvalue weighted by atomic mass is 10.0. The van der Waals surface area contributed by atoms with Crippen molar-refractivity contribution in [2.24, 2.45) is 0 Å². The van der Waals surface area contributed by atoms with Crippen LogP contribution in [-0.4, -0.2) is 22.3 Å². The van der Waals surface area contributed by atoms with Crippen LogP contribution in [0.2, 0.25) is 0 Å². The Balaban J connectivity index is 1.59. The summed E-state index contributed by atoms with van der Waals surface area (Å²) in [5.74, 6) is 0.932. The minimum absolute atomic E-state index is 0.0772. The average molecular weight is 317 g/mol. The first kappa shape index (κ1) is 15.9. The number of nitrogens with one attached hydrogen (secondary N) is 1. The number of ketones is 1. The summed E-state index contributed by atoms with van der Waals surface area (Å²) < 4.78 is 0. The van der Waals surface area contributed by atoms with Gasteiger partial charge in [-0.2, -0.15) is 0 Å². The van der Waals surface area contributed by atoms with E-state index in [-0.39, 0.29) is 5.78 Å². The third-order valence-corrected chi connectivity index (χ3v) is 3.86. The molecule has 1 N–H and O–H groups in total. The topological polar surface area (TPSA) is 54.9 Å². The van der Waals surface area contributed by atoms with Crippen LogP contribution in [-0.2, 0) is 6.42 Å². The first-order valence-corrected chi connectivity index (χ1v) is 7.92. The largest absolute Gasteiger partial charge is 0.370 e.